The Kier molecular flexibility index (Phi) is 3.69. The monoisotopic (exact) mass is 333 g/mol. The number of morpholine rings is 1. The Morgan fingerprint density at radius 1 is 1.39 bits per heavy atom. The number of amides is 1. The van der Waals surface area contributed by atoms with E-state index in [-0.39, 0.29) is 17.9 Å². The number of carbonyl (C=O) groups excluding carboxylic acids is 1. The molecule has 0 unspecified atom stereocenters. The first-order valence-corrected chi connectivity index (χ1v) is 8.75. The van der Waals surface area contributed by atoms with Crippen molar-refractivity contribution in [2.45, 2.75) is 32.2 Å². The lowest BCUT2D eigenvalue weighted by Crippen LogP contribution is -2.44. The molecule has 0 N–H and O–H groups in total. The molecule has 4 rings (SSSR count). The Bertz CT molecular complexity index is 726. The first-order chi connectivity index (χ1) is 11.1. The third-order valence-electron chi connectivity index (χ3n) is 4.58. The largest absolute Gasteiger partial charge is 0.423 e. The molecule has 23 heavy (non-hydrogen) atoms. The highest BCUT2D eigenvalue weighted by molar-refractivity contribution is 7.10. The van der Waals surface area contributed by atoms with E-state index in [0.29, 0.717) is 37.5 Å². The van der Waals surface area contributed by atoms with Crippen molar-refractivity contribution in [2.75, 3.05) is 19.8 Å². The molecule has 1 aliphatic heterocycles. The number of thiophene rings is 1. The van der Waals surface area contributed by atoms with Crippen LogP contribution in [0.1, 0.15) is 40.6 Å². The first kappa shape index (κ1) is 14.8. The van der Waals surface area contributed by atoms with E-state index in [1.54, 1.807) is 18.3 Å². The summed E-state index contributed by atoms with van der Waals surface area (Å²) < 4.78 is 11.1. The molecule has 1 amide bonds. The van der Waals surface area contributed by atoms with Gasteiger partial charge in [0.25, 0.3) is 0 Å². The smallest absolute Gasteiger partial charge is 0.241 e. The quantitative estimate of drug-likeness (QED) is 0.863. The van der Waals surface area contributed by atoms with Crippen LogP contribution in [0.4, 0.5) is 0 Å². The third kappa shape index (κ3) is 2.68. The number of hydrogen-bond acceptors (Lipinski definition) is 6. The number of hydrogen-bond donors (Lipinski definition) is 0. The van der Waals surface area contributed by atoms with Gasteiger partial charge in [0.15, 0.2) is 0 Å². The first-order valence-electron chi connectivity index (χ1n) is 7.87. The van der Waals surface area contributed by atoms with Gasteiger partial charge in [0.05, 0.1) is 13.2 Å². The zero-order valence-electron chi connectivity index (χ0n) is 13.2. The molecule has 2 fully saturated rings. The molecule has 0 aromatic carbocycles. The van der Waals surface area contributed by atoms with Crippen molar-refractivity contribution < 1.29 is 13.9 Å². The van der Waals surface area contributed by atoms with Crippen molar-refractivity contribution in [1.82, 2.24) is 15.1 Å². The summed E-state index contributed by atoms with van der Waals surface area (Å²) in [4.78, 5) is 16.2. The molecule has 1 aliphatic carbocycles. The molecule has 3 atom stereocenters. The third-order valence-corrected chi connectivity index (χ3v) is 5.74. The number of aromatic nitrogens is 2. The summed E-state index contributed by atoms with van der Waals surface area (Å²) in [6.07, 6.45) is 0.938. The molecule has 3 heterocycles. The Hall–Kier alpha value is -1.73. The summed E-state index contributed by atoms with van der Waals surface area (Å²) in [6.45, 7) is 5.43. The van der Waals surface area contributed by atoms with Crippen LogP contribution in [0.15, 0.2) is 15.9 Å². The van der Waals surface area contributed by atoms with Gasteiger partial charge in [-0.05, 0) is 30.4 Å². The molecule has 122 valence electrons. The van der Waals surface area contributed by atoms with E-state index in [1.807, 2.05) is 4.90 Å². The van der Waals surface area contributed by atoms with Crippen LogP contribution in [0.5, 0.6) is 0 Å². The van der Waals surface area contributed by atoms with Crippen molar-refractivity contribution in [1.29, 1.82) is 0 Å². The van der Waals surface area contributed by atoms with Gasteiger partial charge in [0.1, 0.15) is 6.04 Å². The minimum atomic E-state index is -0.261. The predicted octanol–water partition coefficient (Wildman–Crippen LogP) is 2.45. The minimum Gasteiger partial charge on any atom is -0.423 e. The van der Waals surface area contributed by atoms with Crippen LogP contribution in [0.2, 0.25) is 0 Å². The Morgan fingerprint density at radius 3 is 2.96 bits per heavy atom. The topological polar surface area (TPSA) is 68.5 Å². The highest BCUT2D eigenvalue weighted by Crippen LogP contribution is 2.51. The fourth-order valence-corrected chi connectivity index (χ4v) is 4.36. The van der Waals surface area contributed by atoms with Gasteiger partial charge in [-0.25, -0.2) is 0 Å². The van der Waals surface area contributed by atoms with Crippen LogP contribution < -0.4 is 0 Å². The molecule has 1 saturated heterocycles. The predicted molar refractivity (Wildman–Crippen MR) is 84.2 cm³/mol. The van der Waals surface area contributed by atoms with Crippen molar-refractivity contribution in [3.05, 3.63) is 33.7 Å². The van der Waals surface area contributed by atoms with E-state index in [1.165, 1.54) is 10.4 Å². The molecule has 2 aromatic heterocycles. The second kappa shape index (κ2) is 5.72. The summed E-state index contributed by atoms with van der Waals surface area (Å²) in [5, 5.41) is 10.1. The van der Waals surface area contributed by atoms with E-state index >= 15 is 0 Å². The zero-order valence-corrected chi connectivity index (χ0v) is 14.0. The van der Waals surface area contributed by atoms with Crippen LogP contribution in [-0.4, -0.2) is 40.8 Å². The number of aryl methyl sites for hydroxylation is 2. The van der Waals surface area contributed by atoms with Crippen LogP contribution >= 0.6 is 11.3 Å². The lowest BCUT2D eigenvalue weighted by molar-refractivity contribution is -0.142. The number of carbonyl (C=O) groups is 1. The Morgan fingerprint density at radius 2 is 2.26 bits per heavy atom. The van der Waals surface area contributed by atoms with Crippen LogP contribution in [-0.2, 0) is 9.53 Å². The summed E-state index contributed by atoms with van der Waals surface area (Å²) in [6, 6.07) is 1.86. The number of rotatable bonds is 3. The molecule has 2 aliphatic rings. The highest BCUT2D eigenvalue weighted by Gasteiger charge is 2.49. The molecule has 0 spiro atoms. The number of nitrogens with zero attached hydrogens (tertiary/aromatic N) is 3. The SMILES string of the molecule is Cc1nnc([C@@H]2COCCN2C(=O)[C@H]2C[C@H]2c2sccc2C)o1. The fraction of sp³-hybridized carbons (Fsp3) is 0.562. The summed E-state index contributed by atoms with van der Waals surface area (Å²) in [5.74, 6) is 1.62. The molecular formula is C16H19N3O3S. The van der Waals surface area contributed by atoms with Crippen LogP contribution in [0, 0.1) is 19.8 Å². The maximum absolute atomic E-state index is 13.0. The van der Waals surface area contributed by atoms with Gasteiger partial charge in [0.2, 0.25) is 17.7 Å². The summed E-state index contributed by atoms with van der Waals surface area (Å²) in [5.41, 5.74) is 1.29. The van der Waals surface area contributed by atoms with E-state index in [0.717, 1.165) is 6.42 Å². The molecule has 1 saturated carbocycles. The minimum absolute atomic E-state index is 0.0805. The standard InChI is InChI=1S/C16H19N3O3S/c1-9-3-6-23-14(9)11-7-12(11)16(20)19-4-5-21-8-13(19)15-18-17-10(2)22-15/h3,6,11-13H,4-5,7-8H2,1-2H3/t11-,12+,13+/m1/s1. The average Bonchev–Trinajstić information content (AvgIpc) is 3.04. The van der Waals surface area contributed by atoms with Gasteiger partial charge in [-0.15, -0.1) is 21.5 Å². The van der Waals surface area contributed by atoms with Gasteiger partial charge >= 0.3 is 0 Å². The normalized spacial score (nSPS) is 27.2. The molecular weight excluding hydrogens is 314 g/mol. The fourth-order valence-electron chi connectivity index (χ4n) is 3.25. The van der Waals surface area contributed by atoms with Gasteiger partial charge in [-0.1, -0.05) is 0 Å². The molecule has 0 radical (unpaired) electrons. The highest BCUT2D eigenvalue weighted by atomic mass is 32.1. The lowest BCUT2D eigenvalue weighted by atomic mass is 10.1. The number of ether oxygens (including phenoxy) is 1. The molecule has 2 aromatic rings. The van der Waals surface area contributed by atoms with Crippen molar-refractivity contribution in [2.24, 2.45) is 5.92 Å². The van der Waals surface area contributed by atoms with Crippen molar-refractivity contribution in [3.63, 3.8) is 0 Å². The van der Waals surface area contributed by atoms with Crippen LogP contribution in [0.3, 0.4) is 0 Å². The second-order valence-electron chi connectivity index (χ2n) is 6.20. The summed E-state index contributed by atoms with van der Waals surface area (Å²) >= 11 is 1.75. The zero-order chi connectivity index (χ0) is 16.0. The Balaban J connectivity index is 1.52. The van der Waals surface area contributed by atoms with Gasteiger partial charge in [-0.3, -0.25) is 4.79 Å². The van der Waals surface area contributed by atoms with Gasteiger partial charge in [0, 0.05) is 30.2 Å². The van der Waals surface area contributed by atoms with Crippen molar-refractivity contribution in [3.8, 4) is 0 Å². The van der Waals surface area contributed by atoms with Crippen LogP contribution in [0.25, 0.3) is 0 Å². The van der Waals surface area contributed by atoms with E-state index in [9.17, 15) is 4.79 Å². The molecule has 6 nitrogen and oxygen atoms in total. The van der Waals surface area contributed by atoms with Gasteiger partial charge in [-0.2, -0.15) is 0 Å². The second-order valence-corrected chi connectivity index (χ2v) is 7.15. The van der Waals surface area contributed by atoms with Gasteiger partial charge < -0.3 is 14.1 Å². The van der Waals surface area contributed by atoms with E-state index in [2.05, 4.69) is 28.6 Å². The van der Waals surface area contributed by atoms with E-state index < -0.39 is 0 Å². The Labute approximate surface area is 138 Å². The van der Waals surface area contributed by atoms with E-state index in [4.69, 9.17) is 9.15 Å². The average molecular weight is 333 g/mol. The molecule has 0 bridgehead atoms. The van der Waals surface area contributed by atoms with Crippen molar-refractivity contribution >= 4 is 17.2 Å². The lowest BCUT2D eigenvalue weighted by Gasteiger charge is -2.33. The maximum Gasteiger partial charge on any atom is 0.241 e. The summed E-state index contributed by atoms with van der Waals surface area (Å²) in [7, 11) is 0. The molecule has 7 heteroatoms. The maximum atomic E-state index is 13.0.